The first-order valence-electron chi connectivity index (χ1n) is 14.9. The number of hydrogen-bond acceptors (Lipinski definition) is 2. The van der Waals surface area contributed by atoms with Gasteiger partial charge in [0.1, 0.15) is 0 Å². The SMILES string of the molecule is C#CCn1c2ccccc2c2c(-c3csc4ccccc34)c3c(c(-c4csc5c4C=CCC5)c21)c1ccccc1n3CC#C. The summed E-state index contributed by atoms with van der Waals surface area (Å²) < 4.78 is 6.02. The number of aryl methyl sites for hydroxylation is 1. The van der Waals surface area contributed by atoms with Gasteiger partial charge in [-0.2, -0.15) is 0 Å². The van der Waals surface area contributed by atoms with E-state index in [9.17, 15) is 0 Å². The third kappa shape index (κ3) is 3.39. The molecule has 0 unspecified atom stereocenters. The molecule has 4 heterocycles. The van der Waals surface area contributed by atoms with Gasteiger partial charge in [-0.15, -0.1) is 35.5 Å². The molecule has 8 aromatic rings. The molecule has 2 nitrogen and oxygen atoms in total. The van der Waals surface area contributed by atoms with Crippen molar-refractivity contribution in [1.29, 1.82) is 0 Å². The van der Waals surface area contributed by atoms with Crippen molar-refractivity contribution in [2.75, 3.05) is 0 Å². The minimum atomic E-state index is 0.481. The number of aromatic nitrogens is 2. The highest BCUT2D eigenvalue weighted by Gasteiger charge is 2.30. The molecule has 0 amide bonds. The summed E-state index contributed by atoms with van der Waals surface area (Å²) in [7, 11) is 0. The van der Waals surface area contributed by atoms with E-state index < -0.39 is 0 Å². The topological polar surface area (TPSA) is 9.86 Å². The fourth-order valence-electron chi connectivity index (χ4n) is 7.47. The molecule has 0 fully saturated rings. The van der Waals surface area contributed by atoms with Crippen LogP contribution >= 0.6 is 22.7 Å². The Hall–Kier alpha value is -5.00. The molecule has 44 heavy (non-hydrogen) atoms. The zero-order valence-corrected chi connectivity index (χ0v) is 25.6. The Balaban J connectivity index is 1.65. The van der Waals surface area contributed by atoms with Crippen molar-refractivity contribution in [1.82, 2.24) is 9.13 Å². The second-order valence-electron chi connectivity index (χ2n) is 11.4. The van der Waals surface area contributed by atoms with E-state index >= 15 is 0 Å². The minimum Gasteiger partial charge on any atom is -0.328 e. The second kappa shape index (κ2) is 9.76. The Morgan fingerprint density at radius 2 is 1.23 bits per heavy atom. The number of allylic oxidation sites excluding steroid dienone is 1. The van der Waals surface area contributed by atoms with Gasteiger partial charge in [0, 0.05) is 58.8 Å². The molecule has 0 saturated heterocycles. The van der Waals surface area contributed by atoms with E-state index in [4.69, 9.17) is 12.8 Å². The summed E-state index contributed by atoms with van der Waals surface area (Å²) in [5.74, 6) is 6.01. The van der Waals surface area contributed by atoms with Crippen LogP contribution in [0, 0.1) is 24.7 Å². The quantitative estimate of drug-likeness (QED) is 0.178. The van der Waals surface area contributed by atoms with Crippen LogP contribution in [0.4, 0.5) is 0 Å². The predicted octanol–water partition coefficient (Wildman–Crippen LogP) is 10.7. The third-order valence-electron chi connectivity index (χ3n) is 9.17. The maximum atomic E-state index is 6.13. The summed E-state index contributed by atoms with van der Waals surface area (Å²) in [5.41, 5.74) is 11.0. The van der Waals surface area contributed by atoms with Crippen molar-refractivity contribution >= 4 is 82.4 Å². The summed E-state index contributed by atoms with van der Waals surface area (Å²) in [6.45, 7) is 0.964. The largest absolute Gasteiger partial charge is 0.328 e. The number of fused-ring (bicyclic) bond motifs is 8. The van der Waals surface area contributed by atoms with Gasteiger partial charge in [-0.1, -0.05) is 78.6 Å². The maximum Gasteiger partial charge on any atom is 0.0841 e. The van der Waals surface area contributed by atoms with Gasteiger partial charge in [-0.3, -0.25) is 0 Å². The normalized spacial score (nSPS) is 12.9. The van der Waals surface area contributed by atoms with Crippen molar-refractivity contribution in [3.8, 4) is 46.9 Å². The van der Waals surface area contributed by atoms with Gasteiger partial charge >= 0.3 is 0 Å². The summed E-state index contributed by atoms with van der Waals surface area (Å²) in [6.07, 6.45) is 19.1. The maximum absolute atomic E-state index is 6.13. The summed E-state index contributed by atoms with van der Waals surface area (Å²) in [4.78, 5) is 1.45. The van der Waals surface area contributed by atoms with Crippen LogP contribution < -0.4 is 0 Å². The van der Waals surface area contributed by atoms with Crippen LogP contribution in [0.5, 0.6) is 0 Å². The summed E-state index contributed by atoms with van der Waals surface area (Å²) in [6, 6.07) is 26.2. The van der Waals surface area contributed by atoms with Crippen LogP contribution in [-0.4, -0.2) is 9.13 Å². The molecule has 4 aromatic carbocycles. The van der Waals surface area contributed by atoms with Gasteiger partial charge in [0.15, 0.2) is 0 Å². The fourth-order valence-corrected chi connectivity index (χ4v) is 9.47. The molecule has 9 rings (SSSR count). The number of rotatable bonds is 4. The average molecular weight is 599 g/mol. The van der Waals surface area contributed by atoms with E-state index in [1.807, 2.05) is 11.3 Å². The van der Waals surface area contributed by atoms with Gasteiger partial charge in [-0.25, -0.2) is 0 Å². The van der Waals surface area contributed by atoms with Crippen molar-refractivity contribution in [2.45, 2.75) is 25.9 Å². The zero-order chi connectivity index (χ0) is 29.4. The highest BCUT2D eigenvalue weighted by Crippen LogP contribution is 2.53. The van der Waals surface area contributed by atoms with Crippen LogP contribution in [0.3, 0.4) is 0 Å². The lowest BCUT2D eigenvalue weighted by Crippen LogP contribution is -2.01. The monoisotopic (exact) mass is 598 g/mol. The Kier molecular flexibility index (Phi) is 5.66. The molecule has 1 aliphatic carbocycles. The number of para-hydroxylation sites is 2. The van der Waals surface area contributed by atoms with Crippen molar-refractivity contribution in [3.63, 3.8) is 0 Å². The first-order chi connectivity index (χ1) is 21.8. The molecule has 0 atom stereocenters. The number of hydrogen-bond donors (Lipinski definition) is 0. The third-order valence-corrected chi connectivity index (χ3v) is 11.2. The number of terminal acetylenes is 2. The van der Waals surface area contributed by atoms with E-state index in [1.54, 1.807) is 11.3 Å². The zero-order valence-electron chi connectivity index (χ0n) is 23.9. The smallest absolute Gasteiger partial charge is 0.0841 e. The molecule has 0 bridgehead atoms. The Labute approximate surface area is 263 Å². The molecule has 208 valence electrons. The fraction of sp³-hybridized carbons (Fsp3) is 0.100. The van der Waals surface area contributed by atoms with Crippen molar-refractivity contribution < 1.29 is 0 Å². The molecule has 0 aliphatic heterocycles. The van der Waals surface area contributed by atoms with Crippen LogP contribution in [0.2, 0.25) is 0 Å². The molecule has 0 N–H and O–H groups in total. The Bertz CT molecular complexity index is 2580. The second-order valence-corrected chi connectivity index (χ2v) is 13.3. The number of thiophene rings is 2. The van der Waals surface area contributed by atoms with E-state index in [-0.39, 0.29) is 0 Å². The van der Waals surface area contributed by atoms with E-state index in [0.717, 1.165) is 23.9 Å². The van der Waals surface area contributed by atoms with E-state index in [2.05, 4.69) is 117 Å². The number of nitrogens with zero attached hydrogens (tertiary/aromatic N) is 2. The summed E-state index contributed by atoms with van der Waals surface area (Å²) in [5, 5.41) is 10.9. The van der Waals surface area contributed by atoms with Gasteiger partial charge < -0.3 is 9.13 Å². The molecular formula is C40H26N2S2. The van der Waals surface area contributed by atoms with Gasteiger partial charge in [0.25, 0.3) is 0 Å². The van der Waals surface area contributed by atoms with Crippen LogP contribution in [0.25, 0.3) is 82.0 Å². The lowest BCUT2D eigenvalue weighted by molar-refractivity contribution is 0.921. The molecule has 0 spiro atoms. The first kappa shape index (κ1) is 25.5. The molecule has 1 aliphatic rings. The lowest BCUT2D eigenvalue weighted by Gasteiger charge is -2.17. The number of benzene rings is 4. The van der Waals surface area contributed by atoms with Crippen LogP contribution in [0.15, 0.2) is 89.6 Å². The van der Waals surface area contributed by atoms with Gasteiger partial charge in [0.05, 0.1) is 35.2 Å². The predicted molar refractivity (Wildman–Crippen MR) is 192 cm³/mol. The first-order valence-corrected chi connectivity index (χ1v) is 16.6. The van der Waals surface area contributed by atoms with Crippen molar-refractivity contribution in [2.24, 2.45) is 0 Å². The summed E-state index contributed by atoms with van der Waals surface area (Å²) >= 11 is 3.68. The molecule has 4 aromatic heterocycles. The van der Waals surface area contributed by atoms with E-state index in [1.165, 1.54) is 75.4 Å². The molecule has 0 radical (unpaired) electrons. The minimum absolute atomic E-state index is 0.481. The average Bonchev–Trinajstić information content (AvgIpc) is 3.83. The Morgan fingerprint density at radius 3 is 1.89 bits per heavy atom. The molecule has 4 heteroatoms. The van der Waals surface area contributed by atoms with Crippen LogP contribution in [-0.2, 0) is 19.5 Å². The standard InChI is InChI=1S/C40H26N2S2/c1-3-21-41-31-17-9-5-15-27(31)35-38(30-24-44-34-20-12-8-14-26(30)34)40-36(28-16-6-10-18-32(28)42(40)22-4-2)37(39(35)41)29-23-43-33-19-11-7-13-25(29)33/h1-2,5-11,13-19,23-24H,12,20-22H2. The van der Waals surface area contributed by atoms with Crippen LogP contribution in [0.1, 0.15) is 16.9 Å². The van der Waals surface area contributed by atoms with Crippen molar-refractivity contribution in [3.05, 3.63) is 100 Å². The van der Waals surface area contributed by atoms with Gasteiger partial charge in [-0.05, 0) is 47.4 Å². The highest BCUT2D eigenvalue weighted by atomic mass is 32.1. The highest BCUT2D eigenvalue weighted by molar-refractivity contribution is 7.17. The van der Waals surface area contributed by atoms with E-state index in [0.29, 0.717) is 13.1 Å². The Morgan fingerprint density at radius 1 is 0.659 bits per heavy atom. The molecule has 0 saturated carbocycles. The molecular weight excluding hydrogens is 573 g/mol. The lowest BCUT2D eigenvalue weighted by atomic mass is 9.88. The van der Waals surface area contributed by atoms with Gasteiger partial charge in [0.2, 0.25) is 0 Å².